The summed E-state index contributed by atoms with van der Waals surface area (Å²) in [5.41, 5.74) is 5.26. The molecular weight excluding hydrogens is 456 g/mol. The minimum absolute atomic E-state index is 0.0248. The van der Waals surface area contributed by atoms with Gasteiger partial charge in [0.05, 0.1) is 12.3 Å². The summed E-state index contributed by atoms with van der Waals surface area (Å²) in [5, 5.41) is 13.9. The molecule has 0 saturated heterocycles. The van der Waals surface area contributed by atoms with Gasteiger partial charge in [0.25, 0.3) is 0 Å². The van der Waals surface area contributed by atoms with Crippen molar-refractivity contribution in [3.8, 4) is 11.1 Å². The molecule has 3 aromatic rings. The first-order chi connectivity index (χ1) is 17.4. The Morgan fingerprint density at radius 3 is 2.22 bits per heavy atom. The third-order valence-electron chi connectivity index (χ3n) is 6.92. The van der Waals surface area contributed by atoms with Crippen LogP contribution in [0.5, 0.6) is 0 Å². The van der Waals surface area contributed by atoms with Gasteiger partial charge in [-0.3, -0.25) is 4.90 Å². The zero-order chi connectivity index (χ0) is 25.3. The number of nitrogens with zero attached hydrogens (tertiary/aromatic N) is 2. The standard InChI is InChI=1S/C29H28N2O5/c1-19(27(32)33)31(18-29(2)16-26(30-36-29)20-10-4-3-5-11-20)28(34)35-17-25-23-14-8-6-12-21(23)22-13-7-9-15-24(22)25/h3-15,19,25H,16-18H2,1-2H3,(H,32,33)/t19-,29-/m0/s1. The summed E-state index contributed by atoms with van der Waals surface area (Å²) in [6.07, 6.45) is -0.249. The number of carboxylic acids is 1. The van der Waals surface area contributed by atoms with Crippen LogP contribution in [-0.2, 0) is 14.4 Å². The molecule has 3 aromatic carbocycles. The predicted molar refractivity (Wildman–Crippen MR) is 136 cm³/mol. The molecule has 7 heteroatoms. The molecule has 0 bridgehead atoms. The number of carbonyl (C=O) groups excluding carboxylic acids is 1. The Labute approximate surface area is 210 Å². The summed E-state index contributed by atoms with van der Waals surface area (Å²) in [4.78, 5) is 32.1. The van der Waals surface area contributed by atoms with Crippen LogP contribution in [0.2, 0.25) is 0 Å². The van der Waals surface area contributed by atoms with Gasteiger partial charge in [0, 0.05) is 12.3 Å². The van der Waals surface area contributed by atoms with E-state index in [-0.39, 0.29) is 19.1 Å². The molecule has 1 N–H and O–H groups in total. The van der Waals surface area contributed by atoms with Gasteiger partial charge in [-0.2, -0.15) is 0 Å². The highest BCUT2D eigenvalue weighted by Gasteiger charge is 2.41. The van der Waals surface area contributed by atoms with Crippen molar-refractivity contribution in [3.63, 3.8) is 0 Å². The SMILES string of the molecule is C[C@@H](C(=O)O)N(C[C@]1(C)CC(c2ccccc2)=NO1)C(=O)OCC1c2ccccc2-c2ccccc21. The number of oxime groups is 1. The van der Waals surface area contributed by atoms with Crippen LogP contribution in [0.4, 0.5) is 4.79 Å². The third kappa shape index (κ3) is 4.44. The fraction of sp³-hybridized carbons (Fsp3) is 0.276. The van der Waals surface area contributed by atoms with E-state index >= 15 is 0 Å². The van der Waals surface area contributed by atoms with Crippen molar-refractivity contribution in [2.45, 2.75) is 37.8 Å². The van der Waals surface area contributed by atoms with Crippen molar-refractivity contribution in [2.24, 2.45) is 5.16 Å². The van der Waals surface area contributed by atoms with Gasteiger partial charge in [-0.15, -0.1) is 0 Å². The topological polar surface area (TPSA) is 88.4 Å². The first-order valence-electron chi connectivity index (χ1n) is 12.0. The number of ether oxygens (including phenoxy) is 1. The summed E-state index contributed by atoms with van der Waals surface area (Å²) in [6, 6.07) is 24.7. The van der Waals surface area contributed by atoms with E-state index in [9.17, 15) is 14.7 Å². The number of hydrogen-bond acceptors (Lipinski definition) is 5. The molecule has 0 saturated carbocycles. The Morgan fingerprint density at radius 1 is 1.03 bits per heavy atom. The van der Waals surface area contributed by atoms with E-state index in [1.807, 2.05) is 73.7 Å². The summed E-state index contributed by atoms with van der Waals surface area (Å²) in [7, 11) is 0. The molecule has 0 fully saturated rings. The largest absolute Gasteiger partial charge is 0.480 e. The summed E-state index contributed by atoms with van der Waals surface area (Å²) < 4.78 is 5.77. The summed E-state index contributed by atoms with van der Waals surface area (Å²) in [5.74, 6) is -1.23. The molecule has 1 aliphatic heterocycles. The highest BCUT2D eigenvalue weighted by Crippen LogP contribution is 2.44. The van der Waals surface area contributed by atoms with Crippen molar-refractivity contribution >= 4 is 17.8 Å². The molecular formula is C29H28N2O5. The molecule has 2 atom stereocenters. The molecule has 36 heavy (non-hydrogen) atoms. The van der Waals surface area contributed by atoms with Gasteiger partial charge in [0.15, 0.2) is 5.60 Å². The lowest BCUT2D eigenvalue weighted by atomic mass is 9.95. The number of fused-ring (bicyclic) bond motifs is 3. The van der Waals surface area contributed by atoms with Crippen LogP contribution >= 0.6 is 0 Å². The second-order valence-corrected chi connectivity index (χ2v) is 9.57. The van der Waals surface area contributed by atoms with Crippen LogP contribution in [0.1, 0.15) is 42.9 Å². The highest BCUT2D eigenvalue weighted by molar-refractivity contribution is 6.01. The van der Waals surface area contributed by atoms with Crippen molar-refractivity contribution in [3.05, 3.63) is 95.6 Å². The number of carbonyl (C=O) groups is 2. The molecule has 1 aliphatic carbocycles. The van der Waals surface area contributed by atoms with Gasteiger partial charge >= 0.3 is 12.1 Å². The quantitative estimate of drug-likeness (QED) is 0.492. The van der Waals surface area contributed by atoms with Crippen LogP contribution in [0.3, 0.4) is 0 Å². The number of benzene rings is 3. The minimum Gasteiger partial charge on any atom is -0.480 e. The zero-order valence-corrected chi connectivity index (χ0v) is 20.3. The van der Waals surface area contributed by atoms with Crippen molar-refractivity contribution in [1.29, 1.82) is 0 Å². The van der Waals surface area contributed by atoms with Crippen molar-refractivity contribution < 1.29 is 24.3 Å². The van der Waals surface area contributed by atoms with Crippen molar-refractivity contribution in [1.82, 2.24) is 4.90 Å². The van der Waals surface area contributed by atoms with E-state index in [0.717, 1.165) is 33.5 Å². The van der Waals surface area contributed by atoms with Crippen LogP contribution < -0.4 is 0 Å². The van der Waals surface area contributed by atoms with Gasteiger partial charge in [0.2, 0.25) is 0 Å². The number of hydrogen-bond donors (Lipinski definition) is 1. The third-order valence-corrected chi connectivity index (χ3v) is 6.92. The molecule has 0 aromatic heterocycles. The van der Waals surface area contributed by atoms with Gasteiger partial charge in [0.1, 0.15) is 12.6 Å². The smallest absolute Gasteiger partial charge is 0.410 e. The monoisotopic (exact) mass is 484 g/mol. The molecule has 0 spiro atoms. The summed E-state index contributed by atoms with van der Waals surface area (Å²) >= 11 is 0. The molecule has 1 amide bonds. The van der Waals surface area contributed by atoms with E-state index in [2.05, 4.69) is 17.3 Å². The Kier molecular flexibility index (Phi) is 6.22. The average Bonchev–Trinajstić information content (AvgIpc) is 3.44. The maximum absolute atomic E-state index is 13.3. The fourth-order valence-corrected chi connectivity index (χ4v) is 4.98. The first-order valence-corrected chi connectivity index (χ1v) is 12.0. The first kappa shape index (κ1) is 23.6. The molecule has 0 radical (unpaired) electrons. The van der Waals surface area contributed by atoms with E-state index in [0.29, 0.717) is 6.42 Å². The van der Waals surface area contributed by atoms with Crippen LogP contribution in [-0.4, -0.2) is 52.6 Å². The average molecular weight is 485 g/mol. The van der Waals surface area contributed by atoms with E-state index in [1.54, 1.807) is 0 Å². The Hall–Kier alpha value is -4.13. The molecule has 184 valence electrons. The number of amides is 1. The molecule has 0 unspecified atom stereocenters. The Balaban J connectivity index is 1.32. The molecule has 2 aliphatic rings. The van der Waals surface area contributed by atoms with E-state index in [4.69, 9.17) is 9.57 Å². The van der Waals surface area contributed by atoms with Crippen LogP contribution in [0.25, 0.3) is 11.1 Å². The number of rotatable bonds is 7. The second-order valence-electron chi connectivity index (χ2n) is 9.57. The lowest BCUT2D eigenvalue weighted by Crippen LogP contribution is -2.51. The van der Waals surface area contributed by atoms with Gasteiger partial charge < -0.3 is 14.7 Å². The number of aliphatic carboxylic acids is 1. The van der Waals surface area contributed by atoms with E-state index < -0.39 is 23.7 Å². The zero-order valence-electron chi connectivity index (χ0n) is 20.3. The van der Waals surface area contributed by atoms with Crippen LogP contribution in [0, 0.1) is 0 Å². The predicted octanol–water partition coefficient (Wildman–Crippen LogP) is 5.29. The number of carboxylic acid groups (broad SMARTS) is 1. The highest BCUT2D eigenvalue weighted by atomic mass is 16.7. The second kappa shape index (κ2) is 9.49. The minimum atomic E-state index is -1.12. The maximum Gasteiger partial charge on any atom is 0.410 e. The van der Waals surface area contributed by atoms with Gasteiger partial charge in [-0.05, 0) is 41.7 Å². The summed E-state index contributed by atoms with van der Waals surface area (Å²) in [6.45, 7) is 3.43. The van der Waals surface area contributed by atoms with Gasteiger partial charge in [-0.25, -0.2) is 9.59 Å². The van der Waals surface area contributed by atoms with E-state index in [1.165, 1.54) is 11.8 Å². The fourth-order valence-electron chi connectivity index (χ4n) is 4.98. The van der Waals surface area contributed by atoms with Crippen molar-refractivity contribution in [2.75, 3.05) is 13.2 Å². The van der Waals surface area contributed by atoms with Crippen LogP contribution in [0.15, 0.2) is 84.0 Å². The van der Waals surface area contributed by atoms with Gasteiger partial charge in [-0.1, -0.05) is 84.0 Å². The molecule has 1 heterocycles. The molecule has 5 rings (SSSR count). The Morgan fingerprint density at radius 2 is 1.61 bits per heavy atom. The Bertz CT molecular complexity index is 1280. The lowest BCUT2D eigenvalue weighted by Gasteiger charge is -2.32. The molecule has 7 nitrogen and oxygen atoms in total. The lowest BCUT2D eigenvalue weighted by molar-refractivity contribution is -0.143. The maximum atomic E-state index is 13.3. The normalized spacial score (nSPS) is 19.0.